The summed E-state index contributed by atoms with van der Waals surface area (Å²) in [7, 11) is 0. The Morgan fingerprint density at radius 1 is 1.14 bits per heavy atom. The molecule has 0 unspecified atom stereocenters. The molecule has 0 aliphatic heterocycles. The molecule has 0 aliphatic carbocycles. The maximum Gasteiger partial charge on any atom is 0.338 e. The van der Waals surface area contributed by atoms with Crippen LogP contribution in [0.15, 0.2) is 59.6 Å². The summed E-state index contributed by atoms with van der Waals surface area (Å²) in [4.78, 5) is 17.6. The van der Waals surface area contributed by atoms with Gasteiger partial charge in [-0.25, -0.2) is 13.7 Å². The molecule has 2 N–H and O–H groups in total. The molecular formula is C22H24N4O2S. The number of hydrogen-bond donors (Lipinski definition) is 2. The van der Waals surface area contributed by atoms with E-state index in [1.54, 1.807) is 41.2 Å². The van der Waals surface area contributed by atoms with E-state index in [-0.39, 0.29) is 5.97 Å². The number of aromatic nitrogens is 1. The fraction of sp³-hybridized carbons (Fsp3) is 0.227. The lowest BCUT2D eigenvalue weighted by molar-refractivity contribution is 0.0526. The maximum absolute atomic E-state index is 11.8. The molecule has 7 heteroatoms. The molecule has 0 atom stereocenters. The molecule has 150 valence electrons. The minimum Gasteiger partial charge on any atom is -0.462 e. The number of nitrogens with zero attached hydrogens (tertiary/aromatic N) is 2. The van der Waals surface area contributed by atoms with Crippen LogP contribution >= 0.6 is 11.5 Å². The first-order chi connectivity index (χ1) is 14.0. The lowest BCUT2D eigenvalue weighted by Crippen LogP contribution is -2.28. The van der Waals surface area contributed by atoms with Crippen LogP contribution in [-0.2, 0) is 11.2 Å². The van der Waals surface area contributed by atoms with E-state index in [0.717, 1.165) is 22.7 Å². The Kier molecular flexibility index (Phi) is 6.61. The van der Waals surface area contributed by atoms with Gasteiger partial charge >= 0.3 is 5.97 Å². The smallest absolute Gasteiger partial charge is 0.338 e. The Morgan fingerprint density at radius 2 is 1.83 bits per heavy atom. The van der Waals surface area contributed by atoms with Gasteiger partial charge in [0.1, 0.15) is 5.49 Å². The van der Waals surface area contributed by atoms with Gasteiger partial charge in [-0.3, -0.25) is 5.41 Å². The third-order valence-electron chi connectivity index (χ3n) is 4.22. The zero-order valence-electron chi connectivity index (χ0n) is 16.7. The van der Waals surface area contributed by atoms with Crippen molar-refractivity contribution in [1.29, 1.82) is 5.41 Å². The molecule has 0 spiro atoms. The van der Waals surface area contributed by atoms with Crippen LogP contribution in [0.3, 0.4) is 0 Å². The van der Waals surface area contributed by atoms with Crippen LogP contribution in [0, 0.1) is 12.3 Å². The fourth-order valence-electron chi connectivity index (χ4n) is 2.71. The third kappa shape index (κ3) is 5.20. The highest BCUT2D eigenvalue weighted by Gasteiger charge is 2.10. The second-order valence-corrected chi connectivity index (χ2v) is 7.60. The summed E-state index contributed by atoms with van der Waals surface area (Å²) >= 11 is 1.45. The Bertz CT molecular complexity index is 1060. The number of rotatable bonds is 5. The molecule has 0 saturated heterocycles. The van der Waals surface area contributed by atoms with Crippen LogP contribution in [0.25, 0.3) is 0 Å². The lowest BCUT2D eigenvalue weighted by atomic mass is 10.1. The topological polar surface area (TPSA) is 79.5 Å². The molecule has 2 aromatic carbocycles. The molecule has 3 rings (SSSR count). The van der Waals surface area contributed by atoms with Crippen LogP contribution in [0.5, 0.6) is 0 Å². The van der Waals surface area contributed by atoms with Gasteiger partial charge in [0.05, 0.1) is 17.9 Å². The first-order valence-corrected chi connectivity index (χ1v) is 10.2. The average molecular weight is 409 g/mol. The number of carbonyl (C=O) groups excluding carboxylic acids is 1. The Labute approximate surface area is 174 Å². The average Bonchev–Trinajstić information content (AvgIpc) is 3.06. The van der Waals surface area contributed by atoms with Crippen molar-refractivity contribution >= 4 is 34.8 Å². The van der Waals surface area contributed by atoms with Crippen LogP contribution < -0.4 is 10.8 Å². The molecule has 0 aliphatic rings. The molecular weight excluding hydrogens is 384 g/mol. The molecule has 1 aromatic heterocycles. The summed E-state index contributed by atoms with van der Waals surface area (Å²) in [6.45, 7) is 6.19. The Hall–Kier alpha value is -3.19. The second kappa shape index (κ2) is 9.34. The van der Waals surface area contributed by atoms with E-state index < -0.39 is 0 Å². The van der Waals surface area contributed by atoms with Crippen molar-refractivity contribution in [2.24, 2.45) is 4.99 Å². The van der Waals surface area contributed by atoms with Crippen molar-refractivity contribution in [1.82, 2.24) is 3.96 Å². The minimum atomic E-state index is -0.347. The zero-order chi connectivity index (χ0) is 20.8. The second-order valence-electron chi connectivity index (χ2n) is 6.40. The van der Waals surface area contributed by atoms with Gasteiger partial charge in [-0.05, 0) is 68.3 Å². The standard InChI is InChI=1S/C22H24N4O2S/c1-4-16-6-10-18(11-7-16)24-22(26-20(23)14-15(3)29-26)25-19-12-8-17(9-13-19)21(27)28-5-2/h6-14,23H,4-5H2,1-3H3,(H,24,25). The maximum atomic E-state index is 11.8. The van der Waals surface area contributed by atoms with Crippen LogP contribution in [-0.4, -0.2) is 22.5 Å². The summed E-state index contributed by atoms with van der Waals surface area (Å²) in [5, 5.41) is 11.5. The number of hydrogen-bond acceptors (Lipinski definition) is 5. The van der Waals surface area contributed by atoms with E-state index >= 15 is 0 Å². The van der Waals surface area contributed by atoms with E-state index in [0.29, 0.717) is 23.6 Å². The number of nitrogens with one attached hydrogen (secondary N) is 2. The SMILES string of the molecule is CCOC(=O)c1ccc(NC(=Nc2ccc(CC)cc2)n2sc(C)cc2=N)cc1. The predicted octanol–water partition coefficient (Wildman–Crippen LogP) is 4.72. The highest BCUT2D eigenvalue weighted by Crippen LogP contribution is 2.17. The molecule has 3 aromatic rings. The lowest BCUT2D eigenvalue weighted by Gasteiger charge is -2.11. The van der Waals surface area contributed by atoms with Crippen molar-refractivity contribution < 1.29 is 9.53 Å². The number of anilines is 1. The normalized spacial score (nSPS) is 11.3. The predicted molar refractivity (Wildman–Crippen MR) is 117 cm³/mol. The first-order valence-electron chi connectivity index (χ1n) is 9.47. The molecule has 0 fully saturated rings. The molecule has 0 saturated carbocycles. The summed E-state index contributed by atoms with van der Waals surface area (Å²) < 4.78 is 6.76. The summed E-state index contributed by atoms with van der Waals surface area (Å²) in [5.41, 5.74) is 3.65. The van der Waals surface area contributed by atoms with Crippen LogP contribution in [0.1, 0.15) is 34.6 Å². The van der Waals surface area contributed by atoms with Crippen molar-refractivity contribution in [3.05, 3.63) is 76.1 Å². The van der Waals surface area contributed by atoms with Crippen LogP contribution in [0.2, 0.25) is 0 Å². The van der Waals surface area contributed by atoms with Crippen molar-refractivity contribution in [3.8, 4) is 0 Å². The fourth-order valence-corrected chi connectivity index (χ4v) is 3.49. The van der Waals surface area contributed by atoms with Gasteiger partial charge in [0.2, 0.25) is 5.96 Å². The van der Waals surface area contributed by atoms with E-state index in [1.165, 1.54) is 17.1 Å². The van der Waals surface area contributed by atoms with Gasteiger partial charge in [0.25, 0.3) is 0 Å². The quantitative estimate of drug-likeness (QED) is 0.364. The highest BCUT2D eigenvalue weighted by atomic mass is 32.1. The molecule has 0 radical (unpaired) electrons. The molecule has 1 heterocycles. The van der Waals surface area contributed by atoms with E-state index in [2.05, 4.69) is 24.4 Å². The van der Waals surface area contributed by atoms with E-state index in [9.17, 15) is 4.79 Å². The highest BCUT2D eigenvalue weighted by molar-refractivity contribution is 7.07. The van der Waals surface area contributed by atoms with Crippen molar-refractivity contribution in [3.63, 3.8) is 0 Å². The number of carbonyl (C=O) groups is 1. The van der Waals surface area contributed by atoms with E-state index in [4.69, 9.17) is 15.1 Å². The Morgan fingerprint density at radius 3 is 2.38 bits per heavy atom. The monoisotopic (exact) mass is 408 g/mol. The number of benzene rings is 2. The van der Waals surface area contributed by atoms with E-state index in [1.807, 2.05) is 19.1 Å². The zero-order valence-corrected chi connectivity index (χ0v) is 17.5. The Balaban J connectivity index is 1.93. The number of aliphatic imine (C=N–C) groups is 1. The molecule has 0 amide bonds. The van der Waals surface area contributed by atoms with Gasteiger partial charge in [0, 0.05) is 10.6 Å². The number of esters is 1. The van der Waals surface area contributed by atoms with Gasteiger partial charge in [-0.2, -0.15) is 0 Å². The molecule has 6 nitrogen and oxygen atoms in total. The third-order valence-corrected chi connectivity index (χ3v) is 5.18. The van der Waals surface area contributed by atoms with Gasteiger partial charge in [-0.15, -0.1) is 0 Å². The molecule has 0 bridgehead atoms. The van der Waals surface area contributed by atoms with Crippen LogP contribution in [0.4, 0.5) is 11.4 Å². The van der Waals surface area contributed by atoms with Gasteiger partial charge in [0.15, 0.2) is 0 Å². The molecule has 29 heavy (non-hydrogen) atoms. The largest absolute Gasteiger partial charge is 0.462 e. The summed E-state index contributed by atoms with van der Waals surface area (Å²) in [6, 6.07) is 16.8. The first kappa shape index (κ1) is 20.5. The van der Waals surface area contributed by atoms with Gasteiger partial charge in [-0.1, -0.05) is 30.6 Å². The van der Waals surface area contributed by atoms with Crippen molar-refractivity contribution in [2.45, 2.75) is 27.2 Å². The number of aryl methyl sites for hydroxylation is 2. The van der Waals surface area contributed by atoms with Gasteiger partial charge < -0.3 is 10.1 Å². The number of ether oxygens (including phenoxy) is 1. The minimum absolute atomic E-state index is 0.340. The summed E-state index contributed by atoms with van der Waals surface area (Å²) in [6.07, 6.45) is 0.970. The van der Waals surface area contributed by atoms with Crippen molar-refractivity contribution in [2.75, 3.05) is 11.9 Å². The summed E-state index contributed by atoms with van der Waals surface area (Å²) in [5.74, 6) is 0.182.